The first-order valence-electron chi connectivity index (χ1n) is 5.99. The molecule has 0 aliphatic carbocycles. The Labute approximate surface area is 129 Å². The van der Waals surface area contributed by atoms with Gasteiger partial charge in [-0.3, -0.25) is 14.6 Å². The summed E-state index contributed by atoms with van der Waals surface area (Å²) < 4.78 is 0.721. The number of carboxylic acid groups (broad SMARTS) is 1. The zero-order valence-electron chi connectivity index (χ0n) is 10.8. The van der Waals surface area contributed by atoms with Crippen LogP contribution in [-0.4, -0.2) is 22.0 Å². The lowest BCUT2D eigenvalue weighted by atomic mass is 10.2. The predicted octanol–water partition coefficient (Wildman–Crippen LogP) is 2.31. The van der Waals surface area contributed by atoms with Crippen molar-refractivity contribution in [2.75, 3.05) is 11.1 Å². The summed E-state index contributed by atoms with van der Waals surface area (Å²) >= 11 is 3.26. The number of benzene rings is 1. The summed E-state index contributed by atoms with van der Waals surface area (Å²) in [6.07, 6.45) is 1.26. The largest absolute Gasteiger partial charge is 0.481 e. The second kappa shape index (κ2) is 6.36. The summed E-state index contributed by atoms with van der Waals surface area (Å²) in [4.78, 5) is 26.6. The summed E-state index contributed by atoms with van der Waals surface area (Å²) in [6, 6.07) is 8.05. The summed E-state index contributed by atoms with van der Waals surface area (Å²) in [7, 11) is 0. The van der Waals surface area contributed by atoms with Crippen molar-refractivity contribution in [3.63, 3.8) is 0 Å². The van der Waals surface area contributed by atoms with Gasteiger partial charge in [0, 0.05) is 15.7 Å². The molecular formula is C14H12BrN3O3. The zero-order chi connectivity index (χ0) is 15.4. The van der Waals surface area contributed by atoms with E-state index in [1.807, 2.05) is 0 Å². The van der Waals surface area contributed by atoms with Crippen LogP contribution in [0.4, 0.5) is 11.4 Å². The van der Waals surface area contributed by atoms with E-state index >= 15 is 0 Å². The van der Waals surface area contributed by atoms with Crippen LogP contribution in [0.3, 0.4) is 0 Å². The Bertz CT molecular complexity index is 686. The van der Waals surface area contributed by atoms with Crippen LogP contribution in [-0.2, 0) is 11.2 Å². The van der Waals surface area contributed by atoms with Gasteiger partial charge in [-0.05, 0) is 46.3 Å². The standard InChI is InChI=1S/C14H12BrN3O3/c15-11-4-1-8(5-12(11)16)14(21)18-10-3-2-9(17-7-10)6-13(19)20/h1-5,7H,6,16H2,(H,18,21)(H,19,20). The molecule has 108 valence electrons. The fraction of sp³-hybridized carbons (Fsp3) is 0.0714. The number of carbonyl (C=O) groups is 2. The Morgan fingerprint density at radius 2 is 2.05 bits per heavy atom. The lowest BCUT2D eigenvalue weighted by molar-refractivity contribution is -0.136. The van der Waals surface area contributed by atoms with E-state index < -0.39 is 5.97 Å². The van der Waals surface area contributed by atoms with Crippen LogP contribution in [0.25, 0.3) is 0 Å². The number of halogens is 1. The summed E-state index contributed by atoms with van der Waals surface area (Å²) in [5.74, 6) is -1.27. The van der Waals surface area contributed by atoms with Gasteiger partial charge < -0.3 is 16.2 Å². The average Bonchev–Trinajstić information content (AvgIpc) is 2.43. The first kappa shape index (κ1) is 15.0. The number of amides is 1. The number of hydrogen-bond donors (Lipinski definition) is 3. The van der Waals surface area contributed by atoms with Crippen molar-refractivity contribution in [1.29, 1.82) is 0 Å². The van der Waals surface area contributed by atoms with Crippen LogP contribution >= 0.6 is 15.9 Å². The molecule has 0 spiro atoms. The molecular weight excluding hydrogens is 338 g/mol. The highest BCUT2D eigenvalue weighted by Gasteiger charge is 2.08. The molecule has 0 atom stereocenters. The Morgan fingerprint density at radius 3 is 2.62 bits per heavy atom. The van der Waals surface area contributed by atoms with Crippen LogP contribution < -0.4 is 11.1 Å². The van der Waals surface area contributed by atoms with Crippen molar-refractivity contribution in [1.82, 2.24) is 4.98 Å². The quantitative estimate of drug-likeness (QED) is 0.734. The molecule has 6 nitrogen and oxygen atoms in total. The van der Waals surface area contributed by atoms with E-state index in [1.165, 1.54) is 6.20 Å². The molecule has 2 aromatic rings. The Kier molecular flexibility index (Phi) is 4.54. The van der Waals surface area contributed by atoms with Crippen LogP contribution in [0.5, 0.6) is 0 Å². The third kappa shape index (κ3) is 4.03. The third-order valence-electron chi connectivity index (χ3n) is 2.67. The molecule has 1 amide bonds. The minimum Gasteiger partial charge on any atom is -0.481 e. The highest BCUT2D eigenvalue weighted by atomic mass is 79.9. The van der Waals surface area contributed by atoms with Gasteiger partial charge in [-0.25, -0.2) is 0 Å². The smallest absolute Gasteiger partial charge is 0.309 e. The van der Waals surface area contributed by atoms with E-state index in [2.05, 4.69) is 26.2 Å². The SMILES string of the molecule is Nc1cc(C(=O)Nc2ccc(CC(=O)O)nc2)ccc1Br. The number of hydrogen-bond acceptors (Lipinski definition) is 4. The van der Waals surface area contributed by atoms with E-state index in [0.29, 0.717) is 22.6 Å². The van der Waals surface area contributed by atoms with Crippen molar-refractivity contribution in [3.05, 3.63) is 52.3 Å². The summed E-state index contributed by atoms with van der Waals surface area (Å²) in [5, 5.41) is 11.3. The minimum atomic E-state index is -0.954. The fourth-order valence-electron chi connectivity index (χ4n) is 1.65. The number of pyridine rings is 1. The van der Waals surface area contributed by atoms with Gasteiger partial charge in [0.25, 0.3) is 5.91 Å². The summed E-state index contributed by atoms with van der Waals surface area (Å²) in [5.41, 5.74) is 7.52. The number of carboxylic acids is 1. The number of aliphatic carboxylic acids is 1. The van der Waals surface area contributed by atoms with Gasteiger partial charge in [-0.1, -0.05) is 0 Å². The van der Waals surface area contributed by atoms with Crippen molar-refractivity contribution < 1.29 is 14.7 Å². The van der Waals surface area contributed by atoms with Gasteiger partial charge in [-0.15, -0.1) is 0 Å². The molecule has 21 heavy (non-hydrogen) atoms. The second-order valence-corrected chi connectivity index (χ2v) is 5.15. The molecule has 4 N–H and O–H groups in total. The number of nitrogens with one attached hydrogen (secondary N) is 1. The maximum Gasteiger partial charge on any atom is 0.309 e. The zero-order valence-corrected chi connectivity index (χ0v) is 12.4. The van der Waals surface area contributed by atoms with Crippen molar-refractivity contribution >= 4 is 39.2 Å². The highest BCUT2D eigenvalue weighted by Crippen LogP contribution is 2.20. The van der Waals surface area contributed by atoms with E-state index in [0.717, 1.165) is 4.47 Å². The minimum absolute atomic E-state index is 0.155. The van der Waals surface area contributed by atoms with E-state index in [9.17, 15) is 9.59 Å². The maximum atomic E-state index is 12.0. The van der Waals surface area contributed by atoms with Gasteiger partial charge in [-0.2, -0.15) is 0 Å². The van der Waals surface area contributed by atoms with Crippen LogP contribution in [0.1, 0.15) is 16.1 Å². The molecule has 7 heteroatoms. The normalized spacial score (nSPS) is 10.1. The van der Waals surface area contributed by atoms with Crippen molar-refractivity contribution in [3.8, 4) is 0 Å². The second-order valence-electron chi connectivity index (χ2n) is 4.30. The van der Waals surface area contributed by atoms with E-state index in [-0.39, 0.29) is 12.3 Å². The monoisotopic (exact) mass is 349 g/mol. The fourth-order valence-corrected chi connectivity index (χ4v) is 1.89. The lowest BCUT2D eigenvalue weighted by Gasteiger charge is -2.07. The molecule has 1 aromatic heterocycles. The molecule has 0 unspecified atom stereocenters. The van der Waals surface area contributed by atoms with Gasteiger partial charge >= 0.3 is 5.97 Å². The highest BCUT2D eigenvalue weighted by molar-refractivity contribution is 9.10. The average molecular weight is 350 g/mol. The molecule has 0 aliphatic rings. The molecule has 2 rings (SSSR count). The first-order valence-corrected chi connectivity index (χ1v) is 6.78. The summed E-state index contributed by atoms with van der Waals surface area (Å²) in [6.45, 7) is 0. The predicted molar refractivity (Wildman–Crippen MR) is 82.1 cm³/mol. The van der Waals surface area contributed by atoms with E-state index in [1.54, 1.807) is 30.3 Å². The third-order valence-corrected chi connectivity index (χ3v) is 3.40. The number of anilines is 2. The number of aromatic nitrogens is 1. The van der Waals surface area contributed by atoms with Gasteiger partial charge in [0.1, 0.15) is 0 Å². The number of nitrogens with zero attached hydrogens (tertiary/aromatic N) is 1. The Hall–Kier alpha value is -2.41. The Morgan fingerprint density at radius 1 is 1.29 bits per heavy atom. The molecule has 0 radical (unpaired) electrons. The molecule has 1 aromatic carbocycles. The van der Waals surface area contributed by atoms with Crippen LogP contribution in [0, 0.1) is 0 Å². The van der Waals surface area contributed by atoms with E-state index in [4.69, 9.17) is 10.8 Å². The van der Waals surface area contributed by atoms with Crippen molar-refractivity contribution in [2.45, 2.75) is 6.42 Å². The topological polar surface area (TPSA) is 105 Å². The molecule has 1 heterocycles. The first-order chi connectivity index (χ1) is 9.95. The molecule has 0 bridgehead atoms. The number of rotatable bonds is 4. The number of nitrogens with two attached hydrogens (primary N) is 1. The molecule has 0 saturated heterocycles. The van der Waals surface area contributed by atoms with Crippen molar-refractivity contribution in [2.24, 2.45) is 0 Å². The molecule has 0 fully saturated rings. The number of carbonyl (C=O) groups excluding carboxylic acids is 1. The Balaban J connectivity index is 2.08. The maximum absolute atomic E-state index is 12.0. The van der Waals surface area contributed by atoms with Gasteiger partial charge in [0.05, 0.1) is 24.0 Å². The van der Waals surface area contributed by atoms with Gasteiger partial charge in [0.15, 0.2) is 0 Å². The van der Waals surface area contributed by atoms with Crippen LogP contribution in [0.2, 0.25) is 0 Å². The van der Waals surface area contributed by atoms with Crippen LogP contribution in [0.15, 0.2) is 41.0 Å². The number of nitrogen functional groups attached to an aromatic ring is 1. The molecule has 0 saturated carbocycles. The van der Waals surface area contributed by atoms with Gasteiger partial charge in [0.2, 0.25) is 0 Å². The lowest BCUT2D eigenvalue weighted by Crippen LogP contribution is -2.12. The molecule has 0 aliphatic heterocycles.